The van der Waals surface area contributed by atoms with Gasteiger partial charge in [0.2, 0.25) is 5.91 Å². The van der Waals surface area contributed by atoms with Crippen molar-refractivity contribution < 1.29 is 28.2 Å². The van der Waals surface area contributed by atoms with Crippen LogP contribution >= 0.6 is 23.4 Å². The lowest BCUT2D eigenvalue weighted by Crippen LogP contribution is -2.26. The summed E-state index contributed by atoms with van der Waals surface area (Å²) in [6.45, 7) is -0.219. The molecular formula is C19H14ClF2N3O4S. The summed E-state index contributed by atoms with van der Waals surface area (Å²) in [6, 6.07) is 7.71. The second-order valence-electron chi connectivity index (χ2n) is 6.05. The molecular weight excluding hydrogens is 440 g/mol. The van der Waals surface area contributed by atoms with Crippen LogP contribution in [0.1, 0.15) is 17.5 Å². The van der Waals surface area contributed by atoms with Gasteiger partial charge in [0, 0.05) is 16.1 Å². The monoisotopic (exact) mass is 453 g/mol. The molecule has 0 radical (unpaired) electrons. The lowest BCUT2D eigenvalue weighted by molar-refractivity contribution is -0.138. The molecule has 156 valence electrons. The van der Waals surface area contributed by atoms with Gasteiger partial charge < -0.3 is 15.2 Å². The number of hydrogen-bond donors (Lipinski definition) is 2. The van der Waals surface area contributed by atoms with Crippen LogP contribution in [-0.2, 0) is 16.2 Å². The maximum absolute atomic E-state index is 13.8. The highest BCUT2D eigenvalue weighted by atomic mass is 35.5. The fraction of sp³-hybridized carbons (Fsp3) is 0.158. The lowest BCUT2D eigenvalue weighted by Gasteiger charge is -2.10. The molecule has 0 bridgehead atoms. The molecule has 1 fully saturated rings. The van der Waals surface area contributed by atoms with Gasteiger partial charge in [0.25, 0.3) is 0 Å². The number of benzene rings is 2. The molecule has 2 N–H and O–H groups in total. The molecule has 11 heteroatoms. The number of thioether (sulfide) groups is 1. The van der Waals surface area contributed by atoms with Crippen LogP contribution in [0.3, 0.4) is 0 Å². The van der Waals surface area contributed by atoms with Gasteiger partial charge in [0.1, 0.15) is 29.2 Å². The second kappa shape index (κ2) is 9.68. The van der Waals surface area contributed by atoms with Crippen LogP contribution < -0.4 is 10.1 Å². The van der Waals surface area contributed by atoms with Crippen molar-refractivity contribution in [3.63, 3.8) is 0 Å². The number of amidine groups is 1. The average Bonchev–Trinajstić information content (AvgIpc) is 3.02. The van der Waals surface area contributed by atoms with Gasteiger partial charge in [-0.3, -0.25) is 9.59 Å². The van der Waals surface area contributed by atoms with E-state index in [2.05, 4.69) is 15.5 Å². The predicted octanol–water partition coefficient (Wildman–Crippen LogP) is 3.59. The molecule has 1 unspecified atom stereocenters. The number of halogens is 3. The van der Waals surface area contributed by atoms with Crippen molar-refractivity contribution in [1.29, 1.82) is 0 Å². The number of carboxylic acid groups (broad SMARTS) is 1. The molecule has 7 nitrogen and oxygen atoms in total. The quantitative estimate of drug-likeness (QED) is 0.493. The van der Waals surface area contributed by atoms with E-state index in [9.17, 15) is 18.4 Å². The lowest BCUT2D eigenvalue weighted by atomic mass is 10.2. The zero-order chi connectivity index (χ0) is 21.7. The first kappa shape index (κ1) is 21.7. The zero-order valence-electron chi connectivity index (χ0n) is 15.1. The van der Waals surface area contributed by atoms with E-state index in [4.69, 9.17) is 21.4 Å². The van der Waals surface area contributed by atoms with E-state index in [1.807, 2.05) is 0 Å². The minimum atomic E-state index is -1.09. The molecule has 1 saturated heterocycles. The van der Waals surface area contributed by atoms with Gasteiger partial charge in [-0.25, -0.2) is 8.78 Å². The van der Waals surface area contributed by atoms with Crippen LogP contribution in [0.2, 0.25) is 5.02 Å². The molecule has 30 heavy (non-hydrogen) atoms. The second-order valence-corrected chi connectivity index (χ2v) is 7.68. The van der Waals surface area contributed by atoms with Gasteiger partial charge >= 0.3 is 5.97 Å². The highest BCUT2D eigenvalue weighted by Gasteiger charge is 2.32. The van der Waals surface area contributed by atoms with Crippen molar-refractivity contribution in [3.05, 3.63) is 64.2 Å². The Kier molecular flexibility index (Phi) is 7.01. The van der Waals surface area contributed by atoms with E-state index in [0.29, 0.717) is 16.3 Å². The third-order valence-corrected chi connectivity index (χ3v) is 5.15. The fourth-order valence-electron chi connectivity index (χ4n) is 2.45. The van der Waals surface area contributed by atoms with E-state index >= 15 is 0 Å². The predicted molar refractivity (Wildman–Crippen MR) is 109 cm³/mol. The van der Waals surface area contributed by atoms with Gasteiger partial charge in [-0.1, -0.05) is 23.4 Å². The SMILES string of the molecule is O=C(O)CC1SC(=NN=Cc2cc(Cl)ccc2OCc2cc(F)ccc2F)NC1=O. The molecule has 1 aliphatic heterocycles. The van der Waals surface area contributed by atoms with Crippen LogP contribution in [0, 0.1) is 11.6 Å². The van der Waals surface area contributed by atoms with Crippen molar-refractivity contribution in [2.24, 2.45) is 10.2 Å². The van der Waals surface area contributed by atoms with Gasteiger partial charge in [-0.05, 0) is 36.4 Å². The summed E-state index contributed by atoms with van der Waals surface area (Å²) in [7, 11) is 0. The average molecular weight is 454 g/mol. The van der Waals surface area contributed by atoms with Crippen LogP contribution in [0.5, 0.6) is 5.75 Å². The Bertz CT molecular complexity index is 1050. The first-order valence-electron chi connectivity index (χ1n) is 8.48. The Labute approximate surface area is 178 Å². The molecule has 0 aliphatic carbocycles. The topological polar surface area (TPSA) is 100 Å². The standard InChI is InChI=1S/C19H14ClF2N3O4S/c20-12-1-4-15(29-9-11-6-13(21)2-3-14(11)22)10(5-12)8-23-25-19-24-18(28)16(30-19)7-17(26)27/h1-6,8,16H,7,9H2,(H,26,27)(H,24,25,28). The molecule has 2 aromatic carbocycles. The van der Waals surface area contributed by atoms with Crippen molar-refractivity contribution in [2.75, 3.05) is 0 Å². The maximum Gasteiger partial charge on any atom is 0.305 e. The molecule has 3 rings (SSSR count). The normalized spacial score (nSPS) is 17.5. The van der Waals surface area contributed by atoms with Gasteiger partial charge in [0.15, 0.2) is 5.17 Å². The number of carboxylic acids is 1. The van der Waals surface area contributed by atoms with E-state index < -0.39 is 28.8 Å². The zero-order valence-corrected chi connectivity index (χ0v) is 16.7. The number of hydrogen-bond acceptors (Lipinski definition) is 6. The first-order chi connectivity index (χ1) is 14.3. The summed E-state index contributed by atoms with van der Waals surface area (Å²) in [6.07, 6.45) is 0.982. The summed E-state index contributed by atoms with van der Waals surface area (Å²) in [5.41, 5.74) is 0.461. The van der Waals surface area contributed by atoms with Gasteiger partial charge in [0.05, 0.1) is 12.6 Å². The number of ether oxygens (including phenoxy) is 1. The van der Waals surface area contributed by atoms with E-state index in [1.54, 1.807) is 12.1 Å². The van der Waals surface area contributed by atoms with E-state index in [-0.39, 0.29) is 23.8 Å². The molecule has 1 atom stereocenters. The first-order valence-corrected chi connectivity index (χ1v) is 9.74. The Morgan fingerprint density at radius 3 is 2.87 bits per heavy atom. The van der Waals surface area contributed by atoms with Crippen molar-refractivity contribution in [1.82, 2.24) is 5.32 Å². The Balaban J connectivity index is 1.72. The summed E-state index contributed by atoms with van der Waals surface area (Å²) in [5, 5.41) is 18.7. The van der Waals surface area contributed by atoms with Crippen molar-refractivity contribution in [2.45, 2.75) is 18.3 Å². The largest absolute Gasteiger partial charge is 0.488 e. The van der Waals surface area contributed by atoms with Crippen LogP contribution in [0.15, 0.2) is 46.6 Å². The number of nitrogens with zero attached hydrogens (tertiary/aromatic N) is 2. The van der Waals surface area contributed by atoms with Gasteiger partial charge in [-0.15, -0.1) is 5.10 Å². The molecule has 2 aromatic rings. The fourth-order valence-corrected chi connectivity index (χ4v) is 3.55. The summed E-state index contributed by atoms with van der Waals surface area (Å²) < 4.78 is 32.6. The maximum atomic E-state index is 13.8. The number of nitrogens with one attached hydrogen (secondary N) is 1. The number of rotatable bonds is 7. The summed E-state index contributed by atoms with van der Waals surface area (Å²) in [5.74, 6) is -2.43. The molecule has 1 aliphatic rings. The van der Waals surface area contributed by atoms with E-state index in [0.717, 1.165) is 30.0 Å². The Hall–Kier alpha value is -2.98. The van der Waals surface area contributed by atoms with E-state index in [1.165, 1.54) is 12.3 Å². The summed E-state index contributed by atoms with van der Waals surface area (Å²) >= 11 is 6.95. The molecule has 0 saturated carbocycles. The minimum absolute atomic E-state index is 0.0441. The highest BCUT2D eigenvalue weighted by molar-refractivity contribution is 8.15. The molecule has 1 amide bonds. The number of carbonyl (C=O) groups excluding carboxylic acids is 1. The van der Waals surface area contributed by atoms with Crippen LogP contribution in [0.4, 0.5) is 8.78 Å². The minimum Gasteiger partial charge on any atom is -0.488 e. The Morgan fingerprint density at radius 2 is 2.10 bits per heavy atom. The molecule has 1 heterocycles. The summed E-state index contributed by atoms with van der Waals surface area (Å²) in [4.78, 5) is 22.4. The molecule has 0 aromatic heterocycles. The third kappa shape index (κ3) is 5.77. The van der Waals surface area contributed by atoms with Crippen LogP contribution in [-0.4, -0.2) is 33.6 Å². The number of amides is 1. The smallest absolute Gasteiger partial charge is 0.305 e. The van der Waals surface area contributed by atoms with Crippen molar-refractivity contribution >= 4 is 46.6 Å². The number of aliphatic carboxylic acids is 1. The third-order valence-electron chi connectivity index (χ3n) is 3.84. The molecule has 0 spiro atoms. The van der Waals surface area contributed by atoms with Crippen molar-refractivity contribution in [3.8, 4) is 5.75 Å². The Morgan fingerprint density at radius 1 is 1.30 bits per heavy atom. The van der Waals surface area contributed by atoms with Gasteiger partial charge in [-0.2, -0.15) is 5.10 Å². The highest BCUT2D eigenvalue weighted by Crippen LogP contribution is 2.24. The van der Waals surface area contributed by atoms with Crippen LogP contribution in [0.25, 0.3) is 0 Å². The number of carbonyl (C=O) groups is 2.